The van der Waals surface area contributed by atoms with Crippen molar-refractivity contribution in [3.8, 4) is 0 Å². The lowest BCUT2D eigenvalue weighted by molar-refractivity contribution is -0.140. The fourth-order valence-corrected chi connectivity index (χ4v) is 4.20. The van der Waals surface area contributed by atoms with E-state index >= 15 is 0 Å². The van der Waals surface area contributed by atoms with Crippen LogP contribution in [0.5, 0.6) is 0 Å². The van der Waals surface area contributed by atoms with E-state index in [0.717, 1.165) is 45.2 Å². The van der Waals surface area contributed by atoms with Crippen molar-refractivity contribution in [1.82, 2.24) is 4.57 Å². The van der Waals surface area contributed by atoms with Gasteiger partial charge in [-0.05, 0) is 48.7 Å². The Balaban J connectivity index is 1.80. The summed E-state index contributed by atoms with van der Waals surface area (Å²) in [6.07, 6.45) is 3.47. The van der Waals surface area contributed by atoms with Gasteiger partial charge in [-0.1, -0.05) is 67.5 Å². The van der Waals surface area contributed by atoms with Gasteiger partial charge in [-0.15, -0.1) is 0 Å². The number of aryl methyl sites for hydroxylation is 1. The number of allylic oxidation sites excluding steroid dienone is 1. The van der Waals surface area contributed by atoms with Gasteiger partial charge in [-0.2, -0.15) is 0 Å². The first-order chi connectivity index (χ1) is 16.4. The molecule has 0 atom stereocenters. The van der Waals surface area contributed by atoms with Crippen LogP contribution in [0.25, 0.3) is 27.9 Å². The third-order valence-corrected chi connectivity index (χ3v) is 5.81. The van der Waals surface area contributed by atoms with Crippen molar-refractivity contribution in [2.24, 2.45) is 11.1 Å². The monoisotopic (exact) mass is 452 g/mol. The predicted octanol–water partition coefficient (Wildman–Crippen LogP) is 6.63. The zero-order valence-electron chi connectivity index (χ0n) is 19.9. The van der Waals surface area contributed by atoms with Crippen molar-refractivity contribution >= 4 is 45.3 Å². The van der Waals surface area contributed by atoms with E-state index in [1.807, 2.05) is 62.4 Å². The number of benzene rings is 3. The molecule has 0 N–H and O–H groups in total. The van der Waals surface area contributed by atoms with Gasteiger partial charge in [0.2, 0.25) is 0 Å². The lowest BCUT2D eigenvalue weighted by atomic mass is 9.98. The molecular weight excluding hydrogens is 424 g/mol. The molecule has 0 fully saturated rings. The topological polar surface area (TPSA) is 60.7 Å². The summed E-state index contributed by atoms with van der Waals surface area (Å²) in [7, 11) is 0. The average Bonchev–Trinajstić information content (AvgIpc) is 3.15. The van der Waals surface area contributed by atoms with Crippen LogP contribution in [-0.4, -0.2) is 22.0 Å². The molecule has 0 bridgehead atoms. The minimum Gasteiger partial charge on any atom is -0.341 e. The molecule has 1 heterocycles. The highest BCUT2D eigenvalue weighted by molar-refractivity contribution is 6.13. The fraction of sp³-hybridized carbons (Fsp3) is 0.207. The quantitative estimate of drug-likeness (QED) is 0.104. The summed E-state index contributed by atoms with van der Waals surface area (Å²) in [4.78, 5) is 28.8. The maximum absolute atomic E-state index is 12.5. The van der Waals surface area contributed by atoms with Gasteiger partial charge < -0.3 is 9.40 Å². The van der Waals surface area contributed by atoms with E-state index in [0.29, 0.717) is 5.56 Å². The molecule has 0 aliphatic carbocycles. The maximum Gasteiger partial charge on any atom is 0.331 e. The third kappa shape index (κ3) is 4.69. The number of hydrogen-bond acceptors (Lipinski definition) is 4. The van der Waals surface area contributed by atoms with E-state index < -0.39 is 5.97 Å². The van der Waals surface area contributed by atoms with Crippen molar-refractivity contribution in [2.45, 2.75) is 34.2 Å². The number of ketones is 1. The molecule has 172 valence electrons. The van der Waals surface area contributed by atoms with Crippen LogP contribution >= 0.6 is 0 Å². The molecule has 0 unspecified atom stereocenters. The highest BCUT2D eigenvalue weighted by atomic mass is 16.7. The molecular formula is C29H28N2O3. The van der Waals surface area contributed by atoms with Crippen molar-refractivity contribution in [1.29, 1.82) is 0 Å². The maximum atomic E-state index is 12.5. The van der Waals surface area contributed by atoms with Crippen LogP contribution < -0.4 is 0 Å². The van der Waals surface area contributed by atoms with Gasteiger partial charge >= 0.3 is 5.97 Å². The molecule has 0 amide bonds. The summed E-state index contributed by atoms with van der Waals surface area (Å²) in [6.45, 7) is 8.35. The number of nitrogens with zero attached hydrogens (tertiary/aromatic N) is 2. The zero-order valence-corrected chi connectivity index (χ0v) is 19.9. The number of fused-ring (bicyclic) bond motifs is 3. The number of carbonyl (C=O) groups is 2. The van der Waals surface area contributed by atoms with Crippen molar-refractivity contribution in [3.05, 3.63) is 89.5 Å². The van der Waals surface area contributed by atoms with Gasteiger partial charge in [-0.3, -0.25) is 4.79 Å². The summed E-state index contributed by atoms with van der Waals surface area (Å²) >= 11 is 0. The van der Waals surface area contributed by atoms with E-state index in [2.05, 4.69) is 40.9 Å². The fourth-order valence-electron chi connectivity index (χ4n) is 4.20. The summed E-state index contributed by atoms with van der Waals surface area (Å²) < 4.78 is 2.27. The Bertz CT molecular complexity index is 1430. The molecule has 4 rings (SSSR count). The Morgan fingerprint density at radius 3 is 2.26 bits per heavy atom. The van der Waals surface area contributed by atoms with Gasteiger partial charge in [-0.25, -0.2) is 4.79 Å². The first-order valence-corrected chi connectivity index (χ1v) is 11.5. The Kier molecular flexibility index (Phi) is 6.73. The normalized spacial score (nSPS) is 12.2. The molecule has 3 aromatic carbocycles. The van der Waals surface area contributed by atoms with Gasteiger partial charge in [0.15, 0.2) is 5.78 Å². The van der Waals surface area contributed by atoms with Crippen molar-refractivity contribution in [2.75, 3.05) is 0 Å². The molecule has 5 nitrogen and oxygen atoms in total. The second kappa shape index (κ2) is 9.87. The van der Waals surface area contributed by atoms with Crippen LogP contribution in [0.3, 0.4) is 0 Å². The summed E-state index contributed by atoms with van der Waals surface area (Å²) in [5.41, 5.74) is 5.51. The molecule has 0 radical (unpaired) electrons. The zero-order chi connectivity index (χ0) is 24.2. The van der Waals surface area contributed by atoms with Crippen LogP contribution in [0.1, 0.15) is 49.2 Å². The number of hydrogen-bond donors (Lipinski definition) is 0. The minimum absolute atomic E-state index is 0.0257. The highest BCUT2D eigenvalue weighted by Gasteiger charge is 2.15. The molecule has 5 heteroatoms. The summed E-state index contributed by atoms with van der Waals surface area (Å²) in [5, 5.41) is 6.31. The predicted molar refractivity (Wildman–Crippen MR) is 138 cm³/mol. The van der Waals surface area contributed by atoms with Crippen LogP contribution in [0.15, 0.2) is 78.0 Å². The number of carbonyl (C=O) groups excluding carboxylic acids is 2. The third-order valence-electron chi connectivity index (χ3n) is 5.81. The first-order valence-electron chi connectivity index (χ1n) is 11.5. The summed E-state index contributed by atoms with van der Waals surface area (Å²) in [6, 6.07) is 21.7. The lowest BCUT2D eigenvalue weighted by Crippen LogP contribution is -2.11. The molecule has 0 spiro atoms. The summed E-state index contributed by atoms with van der Waals surface area (Å²) in [5.74, 6) is -0.385. The standard InChI is InChI=1S/C29H28N2O3/c1-5-31-26-14-11-21(12-16-28(33)22-9-7-6-8-10-22)17-24(26)25-18-23(13-15-27(25)31)29(19(2)3)30-34-20(4)32/h6-19H,5H2,1-4H3. The van der Waals surface area contributed by atoms with Crippen LogP contribution in [0.2, 0.25) is 0 Å². The molecule has 0 saturated heterocycles. The van der Waals surface area contributed by atoms with Crippen LogP contribution in [0, 0.1) is 5.92 Å². The van der Waals surface area contributed by atoms with Gasteiger partial charge in [0, 0.05) is 46.4 Å². The van der Waals surface area contributed by atoms with E-state index in [1.165, 1.54) is 6.92 Å². The molecule has 4 aromatic rings. The Hall–Kier alpha value is -3.99. The first kappa shape index (κ1) is 23.2. The van der Waals surface area contributed by atoms with Crippen LogP contribution in [-0.2, 0) is 16.2 Å². The van der Waals surface area contributed by atoms with E-state index in [9.17, 15) is 9.59 Å². The van der Waals surface area contributed by atoms with E-state index in [4.69, 9.17) is 4.84 Å². The van der Waals surface area contributed by atoms with Crippen molar-refractivity contribution < 1.29 is 14.4 Å². The van der Waals surface area contributed by atoms with Crippen LogP contribution in [0.4, 0.5) is 0 Å². The Morgan fingerprint density at radius 2 is 1.62 bits per heavy atom. The van der Waals surface area contributed by atoms with E-state index in [-0.39, 0.29) is 11.7 Å². The van der Waals surface area contributed by atoms with Gasteiger partial charge in [0.25, 0.3) is 0 Å². The number of rotatable bonds is 7. The lowest BCUT2D eigenvalue weighted by Gasteiger charge is -2.10. The van der Waals surface area contributed by atoms with Crippen molar-refractivity contribution in [3.63, 3.8) is 0 Å². The van der Waals surface area contributed by atoms with Gasteiger partial charge in [0.1, 0.15) is 0 Å². The van der Waals surface area contributed by atoms with E-state index in [1.54, 1.807) is 6.08 Å². The molecule has 34 heavy (non-hydrogen) atoms. The van der Waals surface area contributed by atoms with Gasteiger partial charge in [0.05, 0.1) is 5.71 Å². The minimum atomic E-state index is -0.441. The Labute approximate surface area is 199 Å². The molecule has 0 saturated carbocycles. The molecule has 0 aliphatic heterocycles. The molecule has 0 aliphatic rings. The number of aromatic nitrogens is 1. The number of oxime groups is 1. The average molecular weight is 453 g/mol. The Morgan fingerprint density at radius 1 is 0.941 bits per heavy atom. The largest absolute Gasteiger partial charge is 0.341 e. The molecule has 1 aromatic heterocycles. The SMILES string of the molecule is CCn1c2ccc(C=CC(=O)c3ccccc3)cc2c2cc(C(=NOC(C)=O)C(C)C)ccc21. The highest BCUT2D eigenvalue weighted by Crippen LogP contribution is 2.31. The second-order valence-electron chi connectivity index (χ2n) is 8.53. The smallest absolute Gasteiger partial charge is 0.331 e. The second-order valence-corrected chi connectivity index (χ2v) is 8.53.